The van der Waals surface area contributed by atoms with Gasteiger partial charge >= 0.3 is 0 Å². The highest BCUT2D eigenvalue weighted by molar-refractivity contribution is 5.96. The molecule has 0 heterocycles. The summed E-state index contributed by atoms with van der Waals surface area (Å²) in [6.45, 7) is 3.06. The second-order valence-corrected chi connectivity index (χ2v) is 5.20. The Hall–Kier alpha value is -2.24. The first kappa shape index (κ1) is 18.8. The number of unbranched alkanes of at least 4 members (excludes halogenated alkanes) is 2. The van der Waals surface area contributed by atoms with Gasteiger partial charge in [0.15, 0.2) is 11.5 Å². The van der Waals surface area contributed by atoms with Crippen molar-refractivity contribution < 1.29 is 19.1 Å². The van der Waals surface area contributed by atoms with Gasteiger partial charge in [-0.1, -0.05) is 25.8 Å². The van der Waals surface area contributed by atoms with E-state index in [-0.39, 0.29) is 18.2 Å². The van der Waals surface area contributed by atoms with Crippen LogP contribution in [0.2, 0.25) is 0 Å². The number of hydrogen-bond acceptors (Lipinski definition) is 4. The normalized spacial score (nSPS) is 10.0. The van der Waals surface area contributed by atoms with Crippen LogP contribution in [0.1, 0.15) is 38.2 Å². The van der Waals surface area contributed by atoms with Crippen LogP contribution in [-0.4, -0.2) is 32.6 Å². The van der Waals surface area contributed by atoms with Gasteiger partial charge < -0.3 is 20.1 Å². The average molecular weight is 322 g/mol. The van der Waals surface area contributed by atoms with Crippen molar-refractivity contribution >= 4 is 11.8 Å². The number of ether oxygens (including phenoxy) is 2. The third-order valence-corrected chi connectivity index (χ3v) is 3.36. The molecule has 0 aliphatic rings. The number of carbonyl (C=O) groups excluding carboxylic acids is 2. The van der Waals surface area contributed by atoms with Gasteiger partial charge in [-0.25, -0.2) is 0 Å². The fourth-order valence-corrected chi connectivity index (χ4v) is 2.06. The van der Waals surface area contributed by atoms with Crippen LogP contribution >= 0.6 is 0 Å². The van der Waals surface area contributed by atoms with E-state index in [0.717, 1.165) is 24.8 Å². The lowest BCUT2D eigenvalue weighted by Gasteiger charge is -2.10. The molecule has 1 rings (SSSR count). The van der Waals surface area contributed by atoms with Crippen molar-refractivity contribution in [2.75, 3.05) is 20.8 Å². The Kier molecular flexibility index (Phi) is 8.57. The van der Waals surface area contributed by atoms with Crippen molar-refractivity contribution in [2.45, 2.75) is 39.2 Å². The minimum atomic E-state index is -0.298. The molecule has 128 valence electrons. The standard InChI is InChI=1S/C17H26N2O4/c1-4-5-6-9-18-16(20)11-17(21)19-12-13-7-8-14(22-2)15(10-13)23-3/h7-8,10H,4-6,9,11-12H2,1-3H3,(H,18,20)(H,19,21). The molecule has 1 aromatic carbocycles. The van der Waals surface area contributed by atoms with Crippen LogP contribution in [-0.2, 0) is 16.1 Å². The number of carbonyl (C=O) groups is 2. The van der Waals surface area contributed by atoms with E-state index in [1.807, 2.05) is 6.07 Å². The summed E-state index contributed by atoms with van der Waals surface area (Å²) in [4.78, 5) is 23.4. The lowest BCUT2D eigenvalue weighted by Crippen LogP contribution is -2.32. The highest BCUT2D eigenvalue weighted by Gasteiger charge is 2.09. The lowest BCUT2D eigenvalue weighted by atomic mass is 10.2. The van der Waals surface area contributed by atoms with Gasteiger partial charge in [-0.3, -0.25) is 9.59 Å². The Morgan fingerprint density at radius 3 is 2.35 bits per heavy atom. The van der Waals surface area contributed by atoms with Crippen LogP contribution in [0.4, 0.5) is 0 Å². The molecule has 0 aliphatic carbocycles. The Morgan fingerprint density at radius 1 is 1.00 bits per heavy atom. The quantitative estimate of drug-likeness (QED) is 0.510. The molecule has 0 unspecified atom stereocenters. The molecule has 23 heavy (non-hydrogen) atoms. The summed E-state index contributed by atoms with van der Waals surface area (Å²) < 4.78 is 10.4. The van der Waals surface area contributed by atoms with E-state index in [1.54, 1.807) is 26.4 Å². The molecule has 0 aliphatic heterocycles. The Labute approximate surface area is 137 Å². The van der Waals surface area contributed by atoms with Gasteiger partial charge in [-0.05, 0) is 24.1 Å². The fraction of sp³-hybridized carbons (Fsp3) is 0.529. The number of nitrogens with one attached hydrogen (secondary N) is 2. The van der Waals surface area contributed by atoms with Crippen LogP contribution in [0.3, 0.4) is 0 Å². The predicted molar refractivity (Wildman–Crippen MR) is 88.5 cm³/mol. The highest BCUT2D eigenvalue weighted by atomic mass is 16.5. The molecule has 0 bridgehead atoms. The summed E-state index contributed by atoms with van der Waals surface area (Å²) in [5, 5.41) is 5.47. The first-order valence-corrected chi connectivity index (χ1v) is 7.85. The summed E-state index contributed by atoms with van der Waals surface area (Å²) in [7, 11) is 3.13. The zero-order chi connectivity index (χ0) is 17.1. The lowest BCUT2D eigenvalue weighted by molar-refractivity contribution is -0.129. The summed E-state index contributed by atoms with van der Waals surface area (Å²) >= 11 is 0. The molecule has 1 aromatic rings. The Balaban J connectivity index is 2.37. The number of methoxy groups -OCH3 is 2. The van der Waals surface area contributed by atoms with Crippen LogP contribution in [0.5, 0.6) is 11.5 Å². The van der Waals surface area contributed by atoms with Gasteiger partial charge in [0.1, 0.15) is 6.42 Å². The number of rotatable bonds is 10. The van der Waals surface area contributed by atoms with Crippen LogP contribution in [0, 0.1) is 0 Å². The summed E-state index contributed by atoms with van der Waals surface area (Å²) in [5.74, 6) is 0.695. The first-order valence-electron chi connectivity index (χ1n) is 7.85. The minimum absolute atomic E-state index is 0.153. The molecule has 0 aromatic heterocycles. The van der Waals surface area contributed by atoms with Crippen molar-refractivity contribution in [1.82, 2.24) is 10.6 Å². The third-order valence-electron chi connectivity index (χ3n) is 3.36. The minimum Gasteiger partial charge on any atom is -0.493 e. The monoisotopic (exact) mass is 322 g/mol. The van der Waals surface area contributed by atoms with Gasteiger partial charge in [-0.15, -0.1) is 0 Å². The number of hydrogen-bond donors (Lipinski definition) is 2. The molecule has 0 fully saturated rings. The second-order valence-electron chi connectivity index (χ2n) is 5.20. The van der Waals surface area contributed by atoms with Crippen LogP contribution in [0.25, 0.3) is 0 Å². The van der Waals surface area contributed by atoms with E-state index in [9.17, 15) is 9.59 Å². The maximum absolute atomic E-state index is 11.8. The Bertz CT molecular complexity index is 517. The molecular weight excluding hydrogens is 296 g/mol. The van der Waals surface area contributed by atoms with E-state index in [1.165, 1.54) is 0 Å². The fourth-order valence-electron chi connectivity index (χ4n) is 2.06. The smallest absolute Gasteiger partial charge is 0.229 e. The molecule has 2 N–H and O–H groups in total. The van der Waals surface area contributed by atoms with Crippen molar-refractivity contribution in [3.63, 3.8) is 0 Å². The summed E-state index contributed by atoms with van der Waals surface area (Å²) in [6.07, 6.45) is 2.96. The molecule has 0 spiro atoms. The molecule has 0 saturated carbocycles. The summed E-state index contributed by atoms with van der Waals surface area (Å²) in [5.41, 5.74) is 0.874. The maximum atomic E-state index is 11.8. The second kappa shape index (κ2) is 10.5. The van der Waals surface area contributed by atoms with E-state index in [4.69, 9.17) is 9.47 Å². The van der Waals surface area contributed by atoms with Crippen molar-refractivity contribution in [3.8, 4) is 11.5 Å². The van der Waals surface area contributed by atoms with Gasteiger partial charge in [-0.2, -0.15) is 0 Å². The molecule has 6 heteroatoms. The number of amides is 2. The van der Waals surface area contributed by atoms with E-state index in [0.29, 0.717) is 24.6 Å². The van der Waals surface area contributed by atoms with Crippen molar-refractivity contribution in [1.29, 1.82) is 0 Å². The zero-order valence-corrected chi connectivity index (χ0v) is 14.1. The first-order chi connectivity index (χ1) is 11.1. The zero-order valence-electron chi connectivity index (χ0n) is 14.1. The average Bonchev–Trinajstić information content (AvgIpc) is 2.56. The molecule has 2 amide bonds. The van der Waals surface area contributed by atoms with Crippen LogP contribution in [0.15, 0.2) is 18.2 Å². The Morgan fingerprint density at radius 2 is 1.70 bits per heavy atom. The SMILES string of the molecule is CCCCCNC(=O)CC(=O)NCc1ccc(OC)c(OC)c1. The third kappa shape index (κ3) is 7.04. The van der Waals surface area contributed by atoms with E-state index in [2.05, 4.69) is 17.6 Å². The number of benzene rings is 1. The predicted octanol–water partition coefficient (Wildman–Crippen LogP) is 2.02. The summed E-state index contributed by atoms with van der Waals surface area (Å²) in [6, 6.07) is 5.41. The molecule has 0 saturated heterocycles. The molecular formula is C17H26N2O4. The molecule has 6 nitrogen and oxygen atoms in total. The van der Waals surface area contributed by atoms with Crippen molar-refractivity contribution in [2.24, 2.45) is 0 Å². The topological polar surface area (TPSA) is 76.7 Å². The van der Waals surface area contributed by atoms with Crippen LogP contribution < -0.4 is 20.1 Å². The van der Waals surface area contributed by atoms with Crippen molar-refractivity contribution in [3.05, 3.63) is 23.8 Å². The van der Waals surface area contributed by atoms with E-state index < -0.39 is 0 Å². The largest absolute Gasteiger partial charge is 0.493 e. The maximum Gasteiger partial charge on any atom is 0.229 e. The highest BCUT2D eigenvalue weighted by Crippen LogP contribution is 2.27. The van der Waals surface area contributed by atoms with Gasteiger partial charge in [0.25, 0.3) is 0 Å². The van der Waals surface area contributed by atoms with Gasteiger partial charge in [0, 0.05) is 13.1 Å². The van der Waals surface area contributed by atoms with E-state index >= 15 is 0 Å². The van der Waals surface area contributed by atoms with Gasteiger partial charge in [0.05, 0.1) is 14.2 Å². The van der Waals surface area contributed by atoms with Gasteiger partial charge in [0.2, 0.25) is 11.8 Å². The molecule has 0 radical (unpaired) electrons. The molecule has 0 atom stereocenters.